The fourth-order valence-electron chi connectivity index (χ4n) is 5.64. The number of hydrogen-bond acceptors (Lipinski definition) is 11. The van der Waals surface area contributed by atoms with Gasteiger partial charge in [0.25, 0.3) is 5.91 Å². The first-order chi connectivity index (χ1) is 18.4. The maximum Gasteiger partial charge on any atom is 0.328 e. The van der Waals surface area contributed by atoms with E-state index in [1.165, 1.54) is 44.1 Å². The van der Waals surface area contributed by atoms with Crippen LogP contribution in [-0.2, 0) is 29.6 Å². The maximum absolute atomic E-state index is 13.7. The topological polar surface area (TPSA) is 256 Å². The van der Waals surface area contributed by atoms with E-state index in [1.807, 2.05) is 0 Å². The van der Waals surface area contributed by atoms with Gasteiger partial charge in [-0.3, -0.25) is 19.3 Å². The summed E-state index contributed by atoms with van der Waals surface area (Å²) in [6.07, 6.45) is 0.916. The van der Waals surface area contributed by atoms with Crippen LogP contribution in [0.25, 0.3) is 5.76 Å². The van der Waals surface area contributed by atoms with Crippen molar-refractivity contribution in [3.63, 3.8) is 0 Å². The number of aliphatic hydroxyl groups is 4. The van der Waals surface area contributed by atoms with Crippen molar-refractivity contribution >= 4 is 35.2 Å². The van der Waals surface area contributed by atoms with Gasteiger partial charge in [-0.05, 0) is 39.1 Å². The van der Waals surface area contributed by atoms with Gasteiger partial charge in [0.2, 0.25) is 5.78 Å². The number of likely N-dealkylation sites (N-methyl/N-ethyl adjacent to an activating group) is 1. The van der Waals surface area contributed by atoms with Crippen LogP contribution in [0.1, 0.15) is 24.5 Å². The zero-order valence-electron chi connectivity index (χ0n) is 21.5. The lowest BCUT2D eigenvalue weighted by Crippen LogP contribution is -2.67. The predicted molar refractivity (Wildman–Crippen MR) is 135 cm³/mol. The van der Waals surface area contributed by atoms with Gasteiger partial charge in [-0.25, -0.2) is 9.59 Å². The number of benzene rings is 1. The van der Waals surface area contributed by atoms with Gasteiger partial charge in [-0.15, -0.1) is 0 Å². The van der Waals surface area contributed by atoms with Crippen molar-refractivity contribution in [3.8, 4) is 5.75 Å². The summed E-state index contributed by atoms with van der Waals surface area (Å²) >= 11 is 0. The molecule has 9 N–H and O–H groups in total. The highest BCUT2D eigenvalue weighted by molar-refractivity contribution is 6.24. The highest BCUT2D eigenvalue weighted by atomic mass is 16.4. The summed E-state index contributed by atoms with van der Waals surface area (Å²) in [7, 11) is 3.01. The third-order valence-electron chi connectivity index (χ3n) is 7.39. The van der Waals surface area contributed by atoms with Crippen molar-refractivity contribution in [2.45, 2.75) is 30.6 Å². The summed E-state index contributed by atoms with van der Waals surface area (Å²) in [4.78, 5) is 59.1. The molecule has 0 aromatic heterocycles. The molecule has 0 unspecified atom stereocenters. The minimum atomic E-state index is -2.75. The van der Waals surface area contributed by atoms with E-state index in [1.54, 1.807) is 0 Å². The molecule has 40 heavy (non-hydrogen) atoms. The monoisotopic (exact) mass is 560 g/mol. The minimum Gasteiger partial charge on any atom is -0.508 e. The number of carbonyl (C=O) groups is 5. The van der Waals surface area contributed by atoms with Crippen molar-refractivity contribution in [2.24, 2.45) is 17.6 Å². The minimum absolute atomic E-state index is 0.170. The second-order valence-electron chi connectivity index (χ2n) is 9.97. The number of primary amides is 1. The highest BCUT2D eigenvalue weighted by Crippen LogP contribution is 2.57. The molecular weight excluding hydrogens is 532 g/mol. The average molecular weight is 561 g/mol. The van der Waals surface area contributed by atoms with Crippen LogP contribution in [0.5, 0.6) is 5.75 Å². The lowest BCUT2D eigenvalue weighted by atomic mass is 9.54. The van der Waals surface area contributed by atoms with Crippen molar-refractivity contribution in [1.29, 1.82) is 0 Å². The van der Waals surface area contributed by atoms with Gasteiger partial charge in [0.05, 0.1) is 17.2 Å². The first-order valence-corrected chi connectivity index (χ1v) is 11.7. The second-order valence-corrected chi connectivity index (χ2v) is 9.97. The van der Waals surface area contributed by atoms with Gasteiger partial charge in [0.15, 0.2) is 11.4 Å². The fourth-order valence-corrected chi connectivity index (χ4v) is 5.64. The molecule has 1 saturated carbocycles. The summed E-state index contributed by atoms with van der Waals surface area (Å²) in [5.74, 6) is -10.4. The van der Waals surface area contributed by atoms with E-state index in [0.29, 0.717) is 12.2 Å². The van der Waals surface area contributed by atoms with Crippen molar-refractivity contribution in [3.05, 3.63) is 58.4 Å². The van der Waals surface area contributed by atoms with Crippen LogP contribution < -0.4 is 5.73 Å². The standard InChI is InChI=1S/C22H24N2O8.C4H4O4/c1-21(31)8-5-4-6-11(25)12(8)16(26)13-9(21)7-10-15(24(2)3)17(27)14(20(23)30)19(29)22(10,32)18(13)28;5-3(6)1-2-4(7)8/h4-6,9-10,15,25-26,29,31-32H,7H2,1-3H3,(H2,23,30);1-2H,(H,5,6)(H,7,8)/t9-,10-,15-,21+,22-;/m0./s1. The molecule has 4 rings (SSSR count). The van der Waals surface area contributed by atoms with Crippen LogP contribution in [0.15, 0.2) is 47.3 Å². The SMILES string of the molecule is CN(C)[C@@H]1C(=O)C(C(N)=O)=C(O)[C@@]2(O)C(=O)C3=C(O)c4c(O)cccc4[C@@](C)(O)[C@H]3C[C@@H]12.O=C(O)C=CC(=O)O. The number of hydrogen-bond donors (Lipinski definition) is 8. The summed E-state index contributed by atoms with van der Waals surface area (Å²) in [5, 5.41) is 70.5. The quantitative estimate of drug-likeness (QED) is 0.168. The van der Waals surface area contributed by atoms with Crippen molar-refractivity contribution in [2.75, 3.05) is 14.1 Å². The van der Waals surface area contributed by atoms with E-state index in [2.05, 4.69) is 0 Å². The zero-order valence-corrected chi connectivity index (χ0v) is 21.5. The predicted octanol–water partition coefficient (Wildman–Crippen LogP) is -0.659. The van der Waals surface area contributed by atoms with E-state index in [-0.39, 0.29) is 17.5 Å². The Bertz CT molecular complexity index is 1400. The molecule has 0 saturated heterocycles. The molecule has 0 bridgehead atoms. The maximum atomic E-state index is 13.7. The van der Waals surface area contributed by atoms with Gasteiger partial charge in [0, 0.05) is 29.6 Å². The Hall–Kier alpha value is -4.53. The second kappa shape index (κ2) is 10.2. The van der Waals surface area contributed by atoms with Gasteiger partial charge in [-0.2, -0.15) is 0 Å². The van der Waals surface area contributed by atoms with Gasteiger partial charge in [-0.1, -0.05) is 12.1 Å². The third kappa shape index (κ3) is 4.51. The number of ketones is 2. The summed E-state index contributed by atoms with van der Waals surface area (Å²) < 4.78 is 0. The number of aliphatic hydroxyl groups excluding tert-OH is 2. The van der Waals surface area contributed by atoms with E-state index in [9.17, 15) is 49.5 Å². The molecule has 214 valence electrons. The molecule has 1 aromatic rings. The molecular formula is C26H28N2O12. The Kier molecular flexibility index (Phi) is 7.67. The molecule has 3 aliphatic carbocycles. The van der Waals surface area contributed by atoms with Crippen LogP contribution in [0, 0.1) is 11.8 Å². The van der Waals surface area contributed by atoms with Crippen molar-refractivity contribution in [1.82, 2.24) is 4.90 Å². The van der Waals surface area contributed by atoms with Gasteiger partial charge < -0.3 is 41.5 Å². The van der Waals surface area contributed by atoms with Crippen LogP contribution >= 0.6 is 0 Å². The number of carbonyl (C=O) groups excluding carboxylic acids is 3. The molecule has 1 fully saturated rings. The summed E-state index contributed by atoms with van der Waals surface area (Å²) in [6.45, 7) is 1.40. The summed E-state index contributed by atoms with van der Waals surface area (Å²) in [5.41, 5.74) is -0.548. The first kappa shape index (κ1) is 30.0. The first-order valence-electron chi connectivity index (χ1n) is 11.7. The number of nitrogens with two attached hydrogens (primary N) is 1. The van der Waals surface area contributed by atoms with E-state index in [0.717, 1.165) is 0 Å². The lowest BCUT2D eigenvalue weighted by Gasteiger charge is -2.53. The number of Topliss-reactive ketones (excluding diaryl/α,β-unsaturated/α-hetero) is 2. The molecule has 0 radical (unpaired) electrons. The molecule has 0 heterocycles. The van der Waals surface area contributed by atoms with Crippen LogP contribution in [0.3, 0.4) is 0 Å². The Morgan fingerprint density at radius 3 is 2.05 bits per heavy atom. The van der Waals surface area contributed by atoms with Crippen LogP contribution in [0.2, 0.25) is 0 Å². The molecule has 5 atom stereocenters. The van der Waals surface area contributed by atoms with Crippen molar-refractivity contribution < 1.29 is 59.7 Å². The Morgan fingerprint density at radius 1 is 1.02 bits per heavy atom. The number of phenolic OH excluding ortho intramolecular Hbond substituents is 1. The molecule has 3 aliphatic rings. The number of nitrogens with zero attached hydrogens (tertiary/aromatic N) is 1. The van der Waals surface area contributed by atoms with Gasteiger partial charge >= 0.3 is 11.9 Å². The lowest BCUT2D eigenvalue weighted by molar-refractivity contribution is -0.159. The van der Waals surface area contributed by atoms with E-state index in [4.69, 9.17) is 15.9 Å². The highest BCUT2D eigenvalue weighted by Gasteiger charge is 2.66. The van der Waals surface area contributed by atoms with Gasteiger partial charge in [0.1, 0.15) is 22.8 Å². The zero-order chi connectivity index (χ0) is 30.5. The third-order valence-corrected chi connectivity index (χ3v) is 7.39. The number of amides is 1. The van der Waals surface area contributed by atoms with E-state index < -0.39 is 86.9 Å². The van der Waals surface area contributed by atoms with Crippen LogP contribution in [0.4, 0.5) is 0 Å². The number of aromatic hydroxyl groups is 1. The number of aliphatic carboxylic acids is 2. The van der Waals surface area contributed by atoms with E-state index >= 15 is 0 Å². The molecule has 0 aliphatic heterocycles. The average Bonchev–Trinajstić information content (AvgIpc) is 2.83. The normalized spacial score (nSPS) is 29.4. The summed E-state index contributed by atoms with van der Waals surface area (Å²) in [6, 6.07) is 3.02. The number of fused-ring (bicyclic) bond motifs is 3. The number of carboxylic acids is 2. The number of phenols is 1. The Morgan fingerprint density at radius 2 is 1.57 bits per heavy atom. The smallest absolute Gasteiger partial charge is 0.328 e. The number of carboxylic acid groups (broad SMARTS) is 2. The number of rotatable bonds is 4. The van der Waals surface area contributed by atoms with Crippen LogP contribution in [-0.4, -0.2) is 95.8 Å². The fraction of sp³-hybridized carbons (Fsp3) is 0.346. The molecule has 1 amide bonds. The molecule has 1 aromatic carbocycles. The molecule has 14 heteroatoms. The molecule has 14 nitrogen and oxygen atoms in total. The molecule has 0 spiro atoms. The largest absolute Gasteiger partial charge is 0.508 e. The Labute approximate surface area is 226 Å². The Balaban J connectivity index is 0.000000482.